The van der Waals surface area contributed by atoms with Crippen molar-refractivity contribution in [2.24, 2.45) is 0 Å². The Balaban J connectivity index is 2.20. The molecule has 0 atom stereocenters. The fourth-order valence-corrected chi connectivity index (χ4v) is 1.82. The maximum absolute atomic E-state index is 12.8. The van der Waals surface area contributed by atoms with Crippen molar-refractivity contribution in [3.8, 4) is 0 Å². The van der Waals surface area contributed by atoms with Crippen molar-refractivity contribution in [1.82, 2.24) is 9.36 Å². The summed E-state index contributed by atoms with van der Waals surface area (Å²) in [5.41, 5.74) is 5.84. The molecule has 0 fully saturated rings. The molecule has 2 aromatic rings. The number of nitrogen functional groups attached to an aromatic ring is 1. The molecule has 0 unspecified atom stereocenters. The van der Waals surface area contributed by atoms with Crippen molar-refractivity contribution in [2.75, 3.05) is 11.1 Å². The Morgan fingerprint density at radius 1 is 1.53 bits per heavy atom. The zero-order chi connectivity index (χ0) is 12.4. The number of hydrogen-bond donors (Lipinski definition) is 2. The number of nitrogens with zero attached hydrogens (tertiary/aromatic N) is 2. The number of aryl methyl sites for hydroxylation is 1. The molecule has 0 aliphatic rings. The van der Waals surface area contributed by atoms with Crippen LogP contribution in [0.5, 0.6) is 0 Å². The predicted molar refractivity (Wildman–Crippen MR) is 63.4 cm³/mol. The van der Waals surface area contributed by atoms with Crippen molar-refractivity contribution in [2.45, 2.75) is 6.92 Å². The van der Waals surface area contributed by atoms with Gasteiger partial charge in [-0.05, 0) is 25.1 Å². The second-order valence-electron chi connectivity index (χ2n) is 3.33. The van der Waals surface area contributed by atoms with Crippen LogP contribution in [0.3, 0.4) is 0 Å². The molecule has 7 heteroatoms. The van der Waals surface area contributed by atoms with Gasteiger partial charge in [-0.25, -0.2) is 9.37 Å². The highest BCUT2D eigenvalue weighted by molar-refractivity contribution is 7.09. The van der Waals surface area contributed by atoms with E-state index in [9.17, 15) is 9.18 Å². The molecule has 5 nitrogen and oxygen atoms in total. The first-order valence-electron chi connectivity index (χ1n) is 4.73. The highest BCUT2D eigenvalue weighted by Gasteiger charge is 2.12. The lowest BCUT2D eigenvalue weighted by Crippen LogP contribution is -2.14. The lowest BCUT2D eigenvalue weighted by molar-refractivity contribution is 0.102. The van der Waals surface area contributed by atoms with Crippen LogP contribution in [0.4, 0.5) is 15.2 Å². The molecule has 0 saturated heterocycles. The van der Waals surface area contributed by atoms with Gasteiger partial charge in [0.05, 0.1) is 5.56 Å². The van der Waals surface area contributed by atoms with Gasteiger partial charge in [0.1, 0.15) is 11.6 Å². The first kappa shape index (κ1) is 11.5. The molecule has 1 heterocycles. The maximum Gasteiger partial charge on any atom is 0.259 e. The standard InChI is InChI=1S/C10H9FN4OS/c1-5-13-10(17-15-5)14-9(16)7-3-2-6(11)4-8(7)12/h2-4H,12H2,1H3,(H,13,14,15,16). The number of carbonyl (C=O) groups excluding carboxylic acids is 1. The summed E-state index contributed by atoms with van der Waals surface area (Å²) in [7, 11) is 0. The molecule has 3 N–H and O–H groups in total. The molecule has 0 bridgehead atoms. The van der Waals surface area contributed by atoms with E-state index < -0.39 is 11.7 Å². The summed E-state index contributed by atoms with van der Waals surface area (Å²) in [5, 5.41) is 2.93. The van der Waals surface area contributed by atoms with Crippen LogP contribution in [-0.4, -0.2) is 15.3 Å². The van der Waals surface area contributed by atoms with E-state index in [4.69, 9.17) is 5.73 Å². The zero-order valence-corrected chi connectivity index (χ0v) is 9.71. The first-order chi connectivity index (χ1) is 8.06. The first-order valence-corrected chi connectivity index (χ1v) is 5.50. The molecular formula is C10H9FN4OS. The van der Waals surface area contributed by atoms with Crippen LogP contribution in [0, 0.1) is 12.7 Å². The van der Waals surface area contributed by atoms with Gasteiger partial charge in [-0.2, -0.15) is 4.37 Å². The van der Waals surface area contributed by atoms with Gasteiger partial charge < -0.3 is 5.73 Å². The number of amides is 1. The van der Waals surface area contributed by atoms with Gasteiger partial charge in [-0.3, -0.25) is 10.1 Å². The molecule has 1 aromatic carbocycles. The highest BCUT2D eigenvalue weighted by atomic mass is 32.1. The van der Waals surface area contributed by atoms with Crippen molar-refractivity contribution >= 4 is 28.3 Å². The number of carbonyl (C=O) groups is 1. The Morgan fingerprint density at radius 3 is 2.88 bits per heavy atom. The van der Waals surface area contributed by atoms with Gasteiger partial charge in [-0.15, -0.1) is 0 Å². The van der Waals surface area contributed by atoms with Crippen LogP contribution in [-0.2, 0) is 0 Å². The largest absolute Gasteiger partial charge is 0.398 e. The third-order valence-electron chi connectivity index (χ3n) is 2.01. The smallest absolute Gasteiger partial charge is 0.259 e. The van der Waals surface area contributed by atoms with Gasteiger partial charge in [0.25, 0.3) is 5.91 Å². The summed E-state index contributed by atoms with van der Waals surface area (Å²) >= 11 is 1.07. The molecular weight excluding hydrogens is 243 g/mol. The highest BCUT2D eigenvalue weighted by Crippen LogP contribution is 2.17. The van der Waals surface area contributed by atoms with Crippen LogP contribution in [0.2, 0.25) is 0 Å². The fraction of sp³-hybridized carbons (Fsp3) is 0.100. The van der Waals surface area contributed by atoms with E-state index in [1.807, 2.05) is 0 Å². The van der Waals surface area contributed by atoms with E-state index in [1.54, 1.807) is 6.92 Å². The molecule has 0 aliphatic carbocycles. The Labute approximate surface area is 101 Å². The SMILES string of the molecule is Cc1nsc(NC(=O)c2ccc(F)cc2N)n1. The van der Waals surface area contributed by atoms with Gasteiger partial charge in [-0.1, -0.05) is 0 Å². The Hall–Kier alpha value is -2.02. The second-order valence-corrected chi connectivity index (χ2v) is 4.08. The molecule has 0 aliphatic heterocycles. The number of anilines is 2. The van der Waals surface area contributed by atoms with Crippen molar-refractivity contribution in [3.05, 3.63) is 35.4 Å². The van der Waals surface area contributed by atoms with E-state index in [1.165, 1.54) is 12.1 Å². The topological polar surface area (TPSA) is 80.9 Å². The molecule has 17 heavy (non-hydrogen) atoms. The summed E-state index contributed by atoms with van der Waals surface area (Å²) < 4.78 is 16.7. The number of nitrogens with one attached hydrogen (secondary N) is 1. The summed E-state index contributed by atoms with van der Waals surface area (Å²) in [5.74, 6) is -0.332. The summed E-state index contributed by atoms with van der Waals surface area (Å²) in [6, 6.07) is 3.60. The number of hydrogen-bond acceptors (Lipinski definition) is 5. The molecule has 88 valence electrons. The molecule has 0 radical (unpaired) electrons. The van der Waals surface area contributed by atoms with Crippen LogP contribution in [0.15, 0.2) is 18.2 Å². The minimum Gasteiger partial charge on any atom is -0.398 e. The third-order valence-corrected chi connectivity index (χ3v) is 2.73. The van der Waals surface area contributed by atoms with Gasteiger partial charge in [0.15, 0.2) is 0 Å². The fourth-order valence-electron chi connectivity index (χ4n) is 1.25. The van der Waals surface area contributed by atoms with Crippen LogP contribution < -0.4 is 11.1 Å². The number of benzene rings is 1. The average molecular weight is 252 g/mol. The molecule has 2 rings (SSSR count). The molecule has 1 amide bonds. The molecule has 1 aromatic heterocycles. The van der Waals surface area contributed by atoms with Crippen LogP contribution >= 0.6 is 11.5 Å². The zero-order valence-electron chi connectivity index (χ0n) is 8.90. The lowest BCUT2D eigenvalue weighted by Gasteiger charge is -2.04. The number of nitrogens with two attached hydrogens (primary N) is 1. The number of halogens is 1. The summed E-state index contributed by atoms with van der Waals surface area (Å²) in [6.07, 6.45) is 0. The van der Waals surface area contributed by atoms with Gasteiger partial charge in [0.2, 0.25) is 5.13 Å². The Bertz CT molecular complexity index is 569. The average Bonchev–Trinajstić information content (AvgIpc) is 2.63. The maximum atomic E-state index is 12.8. The van der Waals surface area contributed by atoms with E-state index in [-0.39, 0.29) is 11.3 Å². The molecule has 0 spiro atoms. The van der Waals surface area contributed by atoms with Crippen molar-refractivity contribution < 1.29 is 9.18 Å². The minimum absolute atomic E-state index is 0.0868. The van der Waals surface area contributed by atoms with E-state index in [0.29, 0.717) is 11.0 Å². The number of aromatic nitrogens is 2. The number of rotatable bonds is 2. The normalized spacial score (nSPS) is 10.2. The third kappa shape index (κ3) is 2.56. The van der Waals surface area contributed by atoms with Crippen LogP contribution in [0.1, 0.15) is 16.2 Å². The van der Waals surface area contributed by atoms with Crippen LogP contribution in [0.25, 0.3) is 0 Å². The van der Waals surface area contributed by atoms with Crippen molar-refractivity contribution in [3.63, 3.8) is 0 Å². The lowest BCUT2D eigenvalue weighted by atomic mass is 10.1. The predicted octanol–water partition coefficient (Wildman–Crippen LogP) is 1.82. The minimum atomic E-state index is -0.481. The second kappa shape index (κ2) is 4.46. The van der Waals surface area contributed by atoms with E-state index in [2.05, 4.69) is 14.7 Å². The Kier molecular flexibility index (Phi) is 3.01. The van der Waals surface area contributed by atoms with E-state index >= 15 is 0 Å². The molecule has 0 saturated carbocycles. The quantitative estimate of drug-likeness (QED) is 0.799. The summed E-state index contributed by atoms with van der Waals surface area (Å²) in [4.78, 5) is 15.8. The van der Waals surface area contributed by atoms with Gasteiger partial charge >= 0.3 is 0 Å². The summed E-state index contributed by atoms with van der Waals surface area (Å²) in [6.45, 7) is 1.72. The Morgan fingerprint density at radius 2 is 2.29 bits per heavy atom. The van der Waals surface area contributed by atoms with E-state index in [0.717, 1.165) is 17.6 Å². The van der Waals surface area contributed by atoms with Crippen molar-refractivity contribution in [1.29, 1.82) is 0 Å². The monoisotopic (exact) mass is 252 g/mol. The van der Waals surface area contributed by atoms with Gasteiger partial charge in [0, 0.05) is 17.2 Å².